The molecule has 0 aliphatic carbocycles. The first-order valence-electron chi connectivity index (χ1n) is 8.44. The Labute approximate surface area is 156 Å². The van der Waals surface area contributed by atoms with Gasteiger partial charge in [0, 0.05) is 0 Å². The van der Waals surface area contributed by atoms with Gasteiger partial charge in [-0.05, 0) is 40.8 Å². The van der Waals surface area contributed by atoms with Gasteiger partial charge in [-0.2, -0.15) is 0 Å². The lowest BCUT2D eigenvalue weighted by molar-refractivity contribution is -0.122. The fourth-order valence-electron chi connectivity index (χ4n) is 2.75. The highest BCUT2D eigenvalue weighted by atomic mass is 19.1. The highest BCUT2D eigenvalue weighted by Gasteiger charge is 2.36. The lowest BCUT2D eigenvalue weighted by Crippen LogP contribution is -2.54. The number of anilines is 1. The molecule has 27 heavy (non-hydrogen) atoms. The quantitative estimate of drug-likeness (QED) is 0.650. The van der Waals surface area contributed by atoms with E-state index in [0.29, 0.717) is 5.56 Å². The summed E-state index contributed by atoms with van der Waals surface area (Å²) in [5, 5.41) is 2.12. The number of nitrogens with one attached hydrogen (secondary N) is 1. The molecule has 0 aromatic heterocycles. The van der Waals surface area contributed by atoms with E-state index in [1.54, 1.807) is 12.1 Å². The van der Waals surface area contributed by atoms with Crippen molar-refractivity contribution in [3.8, 4) is 0 Å². The monoisotopic (exact) mass is 366 g/mol. The van der Waals surface area contributed by atoms with Crippen molar-refractivity contribution in [3.05, 3.63) is 71.0 Å². The van der Waals surface area contributed by atoms with Crippen LogP contribution in [0.25, 0.3) is 6.08 Å². The average Bonchev–Trinajstić information content (AvgIpc) is 2.58. The number of carbonyl (C=O) groups is 3. The lowest BCUT2D eigenvalue weighted by Gasteiger charge is -2.26. The Hall–Kier alpha value is -3.28. The van der Waals surface area contributed by atoms with Crippen molar-refractivity contribution in [2.24, 2.45) is 0 Å². The maximum Gasteiger partial charge on any atom is 0.335 e. The molecule has 2 aromatic carbocycles. The van der Waals surface area contributed by atoms with Gasteiger partial charge in [-0.15, -0.1) is 0 Å². The summed E-state index contributed by atoms with van der Waals surface area (Å²) in [4.78, 5) is 37.8. The molecule has 0 unspecified atom stereocenters. The van der Waals surface area contributed by atoms with Crippen molar-refractivity contribution < 1.29 is 18.8 Å². The molecule has 1 aliphatic heterocycles. The highest BCUT2D eigenvalue weighted by Crippen LogP contribution is 2.25. The summed E-state index contributed by atoms with van der Waals surface area (Å²) in [6.07, 6.45) is 1.42. The van der Waals surface area contributed by atoms with E-state index in [-0.39, 0.29) is 16.7 Å². The fourth-order valence-corrected chi connectivity index (χ4v) is 2.75. The normalized spacial score (nSPS) is 16.7. The Morgan fingerprint density at radius 1 is 1.00 bits per heavy atom. The van der Waals surface area contributed by atoms with Gasteiger partial charge in [0.2, 0.25) is 0 Å². The number of carbonyl (C=O) groups excluding carboxylic acids is 3. The van der Waals surface area contributed by atoms with E-state index in [2.05, 4.69) is 26.1 Å². The van der Waals surface area contributed by atoms with E-state index in [1.807, 2.05) is 12.1 Å². The largest absolute Gasteiger partial charge is 0.335 e. The van der Waals surface area contributed by atoms with Crippen molar-refractivity contribution >= 4 is 29.6 Å². The SMILES string of the molecule is CC(C)(C)c1ccc(C=C2C(=O)NC(=O)N(c3cccc(F)c3)C2=O)cc1. The summed E-state index contributed by atoms with van der Waals surface area (Å²) in [5.41, 5.74) is 1.60. The van der Waals surface area contributed by atoms with Gasteiger partial charge in [-0.3, -0.25) is 14.9 Å². The molecule has 2 aromatic rings. The molecule has 3 rings (SSSR count). The van der Waals surface area contributed by atoms with E-state index >= 15 is 0 Å². The molecule has 0 atom stereocenters. The number of amides is 4. The van der Waals surface area contributed by atoms with Gasteiger partial charge < -0.3 is 0 Å². The minimum absolute atomic E-state index is 0.0235. The van der Waals surface area contributed by atoms with Crippen LogP contribution < -0.4 is 10.2 Å². The predicted octanol–water partition coefficient (Wildman–Crippen LogP) is 3.79. The van der Waals surface area contributed by atoms with Gasteiger partial charge in [0.15, 0.2) is 0 Å². The number of benzene rings is 2. The Kier molecular flexibility index (Phi) is 4.66. The number of barbiturate groups is 1. The molecule has 0 radical (unpaired) electrons. The van der Waals surface area contributed by atoms with Crippen molar-refractivity contribution in [2.75, 3.05) is 4.90 Å². The standard InChI is InChI=1S/C21H19FN2O3/c1-21(2,3)14-9-7-13(8-10-14)11-17-18(25)23-20(27)24(19(17)26)16-6-4-5-15(22)12-16/h4-12H,1-3H3,(H,23,25,27). The van der Waals surface area contributed by atoms with Crippen molar-refractivity contribution in [1.82, 2.24) is 5.32 Å². The molecule has 1 fully saturated rings. The number of urea groups is 1. The van der Waals surface area contributed by atoms with Crippen LogP contribution in [-0.4, -0.2) is 17.8 Å². The smallest absolute Gasteiger partial charge is 0.273 e. The molecule has 1 aliphatic rings. The molecule has 6 heteroatoms. The van der Waals surface area contributed by atoms with E-state index in [0.717, 1.165) is 16.5 Å². The predicted molar refractivity (Wildman–Crippen MR) is 101 cm³/mol. The average molecular weight is 366 g/mol. The van der Waals surface area contributed by atoms with Crippen molar-refractivity contribution in [3.63, 3.8) is 0 Å². The lowest BCUT2D eigenvalue weighted by atomic mass is 9.86. The van der Waals surface area contributed by atoms with E-state index in [4.69, 9.17) is 0 Å². The summed E-state index contributed by atoms with van der Waals surface area (Å²) in [7, 11) is 0. The van der Waals surface area contributed by atoms with E-state index in [9.17, 15) is 18.8 Å². The summed E-state index contributed by atoms with van der Waals surface area (Å²) >= 11 is 0. The Morgan fingerprint density at radius 3 is 2.26 bits per heavy atom. The van der Waals surface area contributed by atoms with E-state index in [1.165, 1.54) is 24.3 Å². The minimum Gasteiger partial charge on any atom is -0.273 e. The van der Waals surface area contributed by atoms with Gasteiger partial charge in [-0.1, -0.05) is 51.1 Å². The zero-order valence-corrected chi connectivity index (χ0v) is 15.2. The van der Waals surface area contributed by atoms with Crippen LogP contribution in [0.2, 0.25) is 0 Å². The second kappa shape index (κ2) is 6.79. The number of hydrogen-bond acceptors (Lipinski definition) is 3. The Balaban J connectivity index is 1.97. The second-order valence-electron chi connectivity index (χ2n) is 7.31. The minimum atomic E-state index is -0.907. The first-order valence-corrected chi connectivity index (χ1v) is 8.44. The number of nitrogens with zero attached hydrogens (tertiary/aromatic N) is 1. The third-order valence-corrected chi connectivity index (χ3v) is 4.26. The molecule has 0 bridgehead atoms. The van der Waals surface area contributed by atoms with Crippen molar-refractivity contribution in [2.45, 2.75) is 26.2 Å². The zero-order valence-electron chi connectivity index (χ0n) is 15.2. The van der Waals surface area contributed by atoms with E-state index < -0.39 is 23.7 Å². The second-order valence-corrected chi connectivity index (χ2v) is 7.31. The van der Waals surface area contributed by atoms with Crippen LogP contribution in [0.5, 0.6) is 0 Å². The van der Waals surface area contributed by atoms with Crippen LogP contribution in [-0.2, 0) is 15.0 Å². The first-order chi connectivity index (χ1) is 12.7. The van der Waals surface area contributed by atoms with Gasteiger partial charge in [-0.25, -0.2) is 14.1 Å². The fraction of sp³-hybridized carbons (Fsp3) is 0.190. The highest BCUT2D eigenvalue weighted by molar-refractivity contribution is 6.39. The number of halogens is 1. The van der Waals surface area contributed by atoms with Crippen LogP contribution in [0.4, 0.5) is 14.9 Å². The summed E-state index contributed by atoms with van der Waals surface area (Å²) in [6, 6.07) is 11.6. The number of hydrogen-bond donors (Lipinski definition) is 1. The van der Waals surface area contributed by atoms with Crippen LogP contribution in [0.3, 0.4) is 0 Å². The third-order valence-electron chi connectivity index (χ3n) is 4.26. The summed E-state index contributed by atoms with van der Waals surface area (Å²) < 4.78 is 13.5. The van der Waals surface area contributed by atoms with Crippen LogP contribution in [0.15, 0.2) is 54.1 Å². The molecule has 4 amide bonds. The molecule has 5 nitrogen and oxygen atoms in total. The molecule has 0 spiro atoms. The molecule has 1 N–H and O–H groups in total. The number of imide groups is 2. The maximum absolute atomic E-state index is 13.5. The number of rotatable bonds is 2. The van der Waals surface area contributed by atoms with Gasteiger partial charge >= 0.3 is 6.03 Å². The molecular weight excluding hydrogens is 347 g/mol. The molecule has 1 saturated heterocycles. The third kappa shape index (κ3) is 3.79. The Morgan fingerprint density at radius 2 is 1.67 bits per heavy atom. The summed E-state index contributed by atoms with van der Waals surface area (Å²) in [5.74, 6) is -2.17. The van der Waals surface area contributed by atoms with Crippen LogP contribution in [0, 0.1) is 5.82 Å². The zero-order chi connectivity index (χ0) is 19.8. The summed E-state index contributed by atoms with van der Waals surface area (Å²) in [6.45, 7) is 6.25. The van der Waals surface area contributed by atoms with Gasteiger partial charge in [0.25, 0.3) is 11.8 Å². The molecule has 0 saturated carbocycles. The topological polar surface area (TPSA) is 66.5 Å². The maximum atomic E-state index is 13.5. The molecule has 138 valence electrons. The van der Waals surface area contributed by atoms with Crippen LogP contribution in [0.1, 0.15) is 31.9 Å². The molecular formula is C21H19FN2O3. The first kappa shape index (κ1) is 18.5. The molecule has 1 heterocycles. The van der Waals surface area contributed by atoms with Crippen LogP contribution >= 0.6 is 0 Å². The van der Waals surface area contributed by atoms with Crippen molar-refractivity contribution in [1.29, 1.82) is 0 Å². The Bertz CT molecular complexity index is 956. The van der Waals surface area contributed by atoms with Gasteiger partial charge in [0.1, 0.15) is 11.4 Å². The van der Waals surface area contributed by atoms with Gasteiger partial charge in [0.05, 0.1) is 5.69 Å².